The topological polar surface area (TPSA) is 77.6 Å². The van der Waals surface area contributed by atoms with Gasteiger partial charge in [0.25, 0.3) is 0 Å². The van der Waals surface area contributed by atoms with Crippen molar-refractivity contribution in [3.8, 4) is 0 Å². The van der Waals surface area contributed by atoms with Gasteiger partial charge in [0.1, 0.15) is 5.03 Å². The van der Waals surface area contributed by atoms with Crippen LogP contribution in [0, 0.1) is 0 Å². The molecule has 16 heavy (non-hydrogen) atoms. The summed E-state index contributed by atoms with van der Waals surface area (Å²) in [6, 6.07) is 0. The summed E-state index contributed by atoms with van der Waals surface area (Å²) in [4.78, 5) is 7.81. The molecule has 9 heteroatoms. The van der Waals surface area contributed by atoms with Gasteiger partial charge in [-0.3, -0.25) is 0 Å². The van der Waals surface area contributed by atoms with Crippen LogP contribution < -0.4 is 5.73 Å². The molecule has 0 atom stereocenters. The molecule has 2 aromatic heterocycles. The molecule has 5 nitrogen and oxygen atoms in total. The van der Waals surface area contributed by atoms with Crippen molar-refractivity contribution in [2.75, 3.05) is 12.0 Å². The average molecular weight is 292 g/mol. The van der Waals surface area contributed by atoms with Crippen LogP contribution in [-0.4, -0.2) is 26.4 Å². The van der Waals surface area contributed by atoms with E-state index in [-0.39, 0.29) is 5.28 Å². The highest BCUT2D eigenvalue weighted by molar-refractivity contribution is 8.03. The molecule has 84 valence electrons. The maximum atomic E-state index is 5.72. The van der Waals surface area contributed by atoms with Crippen molar-refractivity contribution < 1.29 is 0 Å². The van der Waals surface area contributed by atoms with Crippen molar-refractivity contribution in [3.05, 3.63) is 11.5 Å². The SMILES string of the molecule is CSc1nnc(Sc2nc(Cl)ncc2N)s1. The first-order chi connectivity index (χ1) is 7.69. The Kier molecular flexibility index (Phi) is 3.85. The first kappa shape index (κ1) is 11.9. The molecule has 0 unspecified atom stereocenters. The van der Waals surface area contributed by atoms with Crippen molar-refractivity contribution >= 4 is 52.1 Å². The number of halogens is 1. The number of hydrogen-bond donors (Lipinski definition) is 1. The molecule has 0 fully saturated rings. The van der Waals surface area contributed by atoms with E-state index in [1.807, 2.05) is 6.26 Å². The largest absolute Gasteiger partial charge is 0.395 e. The van der Waals surface area contributed by atoms with E-state index in [0.717, 1.165) is 8.68 Å². The molecule has 0 radical (unpaired) electrons. The van der Waals surface area contributed by atoms with Gasteiger partial charge in [-0.15, -0.1) is 10.2 Å². The van der Waals surface area contributed by atoms with E-state index in [1.165, 1.54) is 29.3 Å². The minimum absolute atomic E-state index is 0.173. The van der Waals surface area contributed by atoms with Gasteiger partial charge in [0.05, 0.1) is 11.9 Å². The molecule has 0 aliphatic carbocycles. The van der Waals surface area contributed by atoms with Crippen molar-refractivity contribution in [2.45, 2.75) is 13.7 Å². The molecule has 2 N–H and O–H groups in total. The predicted octanol–water partition coefficient (Wildman–Crippen LogP) is 2.44. The highest BCUT2D eigenvalue weighted by Gasteiger charge is 2.10. The van der Waals surface area contributed by atoms with Crippen LogP contribution in [0.2, 0.25) is 5.28 Å². The molecular weight excluding hydrogens is 286 g/mol. The Hall–Kier alpha value is -0.570. The third-order valence-electron chi connectivity index (χ3n) is 1.50. The number of aromatic nitrogens is 4. The van der Waals surface area contributed by atoms with Crippen molar-refractivity contribution in [1.29, 1.82) is 0 Å². The van der Waals surface area contributed by atoms with Crippen LogP contribution in [0.1, 0.15) is 0 Å². The fourth-order valence-corrected chi connectivity index (χ4v) is 3.38. The zero-order chi connectivity index (χ0) is 11.5. The zero-order valence-corrected chi connectivity index (χ0v) is 11.3. The van der Waals surface area contributed by atoms with Crippen LogP contribution in [-0.2, 0) is 0 Å². The van der Waals surface area contributed by atoms with Crippen LogP contribution in [0.3, 0.4) is 0 Å². The van der Waals surface area contributed by atoms with Gasteiger partial charge >= 0.3 is 0 Å². The standard InChI is InChI=1S/C7H6ClN5S3/c1-14-6-12-13-7(16-6)15-4-3(9)2-10-5(8)11-4/h2H,9H2,1H3. The fraction of sp³-hybridized carbons (Fsp3) is 0.143. The second-order valence-electron chi connectivity index (χ2n) is 2.54. The van der Waals surface area contributed by atoms with Crippen molar-refractivity contribution in [3.63, 3.8) is 0 Å². The molecule has 0 aliphatic heterocycles. The molecule has 0 spiro atoms. The van der Waals surface area contributed by atoms with Gasteiger partial charge in [-0.05, 0) is 29.6 Å². The maximum absolute atomic E-state index is 5.72. The molecule has 0 aromatic carbocycles. The Bertz CT molecular complexity index is 503. The third-order valence-corrected chi connectivity index (χ3v) is 4.65. The van der Waals surface area contributed by atoms with E-state index in [4.69, 9.17) is 17.3 Å². The predicted molar refractivity (Wildman–Crippen MR) is 67.3 cm³/mol. The van der Waals surface area contributed by atoms with Gasteiger partial charge in [0, 0.05) is 0 Å². The number of anilines is 1. The number of nitrogen functional groups attached to an aromatic ring is 1. The minimum atomic E-state index is 0.173. The maximum Gasteiger partial charge on any atom is 0.223 e. The van der Waals surface area contributed by atoms with E-state index >= 15 is 0 Å². The molecule has 0 bridgehead atoms. The lowest BCUT2D eigenvalue weighted by Crippen LogP contribution is -1.94. The van der Waals surface area contributed by atoms with Gasteiger partial charge < -0.3 is 5.73 Å². The summed E-state index contributed by atoms with van der Waals surface area (Å²) in [5.74, 6) is 0. The summed E-state index contributed by atoms with van der Waals surface area (Å²) in [7, 11) is 0. The number of nitrogens with zero attached hydrogens (tertiary/aromatic N) is 4. The molecule has 0 saturated heterocycles. The minimum Gasteiger partial charge on any atom is -0.395 e. The number of thioether (sulfide) groups is 1. The van der Waals surface area contributed by atoms with Crippen LogP contribution in [0.15, 0.2) is 19.9 Å². The lowest BCUT2D eigenvalue weighted by molar-refractivity contribution is 0.952. The summed E-state index contributed by atoms with van der Waals surface area (Å²) in [5, 5.41) is 8.75. The Morgan fingerprint density at radius 3 is 2.81 bits per heavy atom. The second kappa shape index (κ2) is 5.17. The van der Waals surface area contributed by atoms with E-state index in [0.29, 0.717) is 10.7 Å². The highest BCUT2D eigenvalue weighted by Crippen LogP contribution is 2.34. The van der Waals surface area contributed by atoms with Crippen molar-refractivity contribution in [1.82, 2.24) is 20.2 Å². The van der Waals surface area contributed by atoms with Crippen LogP contribution in [0.4, 0.5) is 5.69 Å². The zero-order valence-electron chi connectivity index (χ0n) is 8.05. The first-order valence-electron chi connectivity index (χ1n) is 4.02. The lowest BCUT2D eigenvalue weighted by atomic mass is 10.6. The monoisotopic (exact) mass is 291 g/mol. The van der Waals surface area contributed by atoms with E-state index in [1.54, 1.807) is 11.8 Å². The molecule has 0 amide bonds. The Morgan fingerprint density at radius 1 is 1.38 bits per heavy atom. The van der Waals surface area contributed by atoms with Crippen LogP contribution in [0.25, 0.3) is 0 Å². The van der Waals surface area contributed by atoms with Gasteiger partial charge in [-0.25, -0.2) is 9.97 Å². The van der Waals surface area contributed by atoms with Crippen LogP contribution >= 0.6 is 46.5 Å². The van der Waals surface area contributed by atoms with E-state index in [2.05, 4.69) is 20.2 Å². The Morgan fingerprint density at radius 2 is 2.12 bits per heavy atom. The molecule has 0 saturated carbocycles. The second-order valence-corrected chi connectivity index (χ2v) is 6.14. The summed E-state index contributed by atoms with van der Waals surface area (Å²) < 4.78 is 1.69. The number of rotatable bonds is 3. The van der Waals surface area contributed by atoms with Crippen LogP contribution in [0.5, 0.6) is 0 Å². The van der Waals surface area contributed by atoms with Gasteiger partial charge in [0.2, 0.25) is 5.28 Å². The molecule has 2 aromatic rings. The molecule has 2 rings (SSSR count). The average Bonchev–Trinajstić information content (AvgIpc) is 2.71. The van der Waals surface area contributed by atoms with Gasteiger partial charge in [0.15, 0.2) is 8.68 Å². The van der Waals surface area contributed by atoms with Gasteiger partial charge in [-0.1, -0.05) is 23.1 Å². The molecule has 0 aliphatic rings. The fourth-order valence-electron chi connectivity index (χ4n) is 0.841. The van der Waals surface area contributed by atoms with Gasteiger partial charge in [-0.2, -0.15) is 0 Å². The summed E-state index contributed by atoms with van der Waals surface area (Å²) in [6.45, 7) is 0. The Balaban J connectivity index is 2.22. The molecule has 2 heterocycles. The normalized spacial score (nSPS) is 10.6. The first-order valence-corrected chi connectivity index (χ1v) is 7.26. The third kappa shape index (κ3) is 2.76. The quantitative estimate of drug-likeness (QED) is 0.528. The lowest BCUT2D eigenvalue weighted by Gasteiger charge is -2.00. The summed E-state index contributed by atoms with van der Waals surface area (Å²) in [6.07, 6.45) is 3.43. The van der Waals surface area contributed by atoms with E-state index in [9.17, 15) is 0 Å². The Labute approximate surface area is 109 Å². The smallest absolute Gasteiger partial charge is 0.223 e. The van der Waals surface area contributed by atoms with E-state index < -0.39 is 0 Å². The number of nitrogens with two attached hydrogens (primary N) is 1. The molecular formula is C7H6ClN5S3. The summed E-state index contributed by atoms with van der Waals surface area (Å²) in [5.41, 5.74) is 6.21. The number of hydrogen-bond acceptors (Lipinski definition) is 8. The highest BCUT2D eigenvalue weighted by atomic mass is 35.5. The van der Waals surface area contributed by atoms with Crippen molar-refractivity contribution in [2.24, 2.45) is 0 Å². The summed E-state index contributed by atoms with van der Waals surface area (Å²) >= 11 is 10.1.